The first-order valence-electron chi connectivity index (χ1n) is 7.21. The van der Waals surface area contributed by atoms with Gasteiger partial charge in [-0.15, -0.1) is 0 Å². The zero-order valence-corrected chi connectivity index (χ0v) is 14.2. The fraction of sp³-hybridized carbons (Fsp3) is 0.211. The molecule has 0 saturated carbocycles. The number of Topliss-reactive ketones (excluding diaryl/α,β-unsaturated/α-hetero) is 3. The van der Waals surface area contributed by atoms with Gasteiger partial charge in [0.25, 0.3) is 0 Å². The van der Waals surface area contributed by atoms with Gasteiger partial charge in [-0.05, 0) is 52.0 Å². The smallest absolute Gasteiger partial charge is 0.163 e. The summed E-state index contributed by atoms with van der Waals surface area (Å²) in [6.07, 6.45) is 0. The molecule has 2 rings (SSSR count). The SMILES string of the molecule is CC(=O)c1ccccc1O.CC(=O)c1ccccc1O.CC(C)=O. The van der Waals surface area contributed by atoms with Gasteiger partial charge in [0.05, 0.1) is 11.1 Å². The van der Waals surface area contributed by atoms with Crippen molar-refractivity contribution in [2.45, 2.75) is 27.7 Å². The average Bonchev–Trinajstić information content (AvgIpc) is 2.47. The molecule has 2 aromatic rings. The highest BCUT2D eigenvalue weighted by Gasteiger charge is 2.03. The van der Waals surface area contributed by atoms with Crippen molar-refractivity contribution >= 4 is 17.3 Å². The minimum atomic E-state index is -0.113. The van der Waals surface area contributed by atoms with E-state index in [0.717, 1.165) is 0 Å². The van der Waals surface area contributed by atoms with E-state index in [-0.39, 0.29) is 28.8 Å². The first-order valence-corrected chi connectivity index (χ1v) is 7.21. The van der Waals surface area contributed by atoms with E-state index in [1.807, 2.05) is 0 Å². The van der Waals surface area contributed by atoms with Crippen LogP contribution in [0.5, 0.6) is 11.5 Å². The Kier molecular flexibility index (Phi) is 9.40. The third kappa shape index (κ3) is 8.48. The Hall–Kier alpha value is -2.95. The lowest BCUT2D eigenvalue weighted by atomic mass is 10.1. The van der Waals surface area contributed by atoms with Crippen LogP contribution < -0.4 is 0 Å². The second kappa shape index (κ2) is 10.7. The van der Waals surface area contributed by atoms with E-state index in [9.17, 15) is 14.4 Å². The highest BCUT2D eigenvalue weighted by molar-refractivity contribution is 5.97. The van der Waals surface area contributed by atoms with E-state index in [2.05, 4.69) is 0 Å². The molecule has 5 heteroatoms. The lowest BCUT2D eigenvalue weighted by Crippen LogP contribution is -1.90. The van der Waals surface area contributed by atoms with Crippen LogP contribution in [0.15, 0.2) is 48.5 Å². The number of para-hydroxylation sites is 2. The normalized spacial score (nSPS) is 8.83. The zero-order chi connectivity index (χ0) is 18.7. The van der Waals surface area contributed by atoms with Gasteiger partial charge in [0.15, 0.2) is 11.6 Å². The fourth-order valence-electron chi connectivity index (χ4n) is 1.54. The summed E-state index contributed by atoms with van der Waals surface area (Å²) in [5.74, 6) is 0.0428. The van der Waals surface area contributed by atoms with Crippen molar-refractivity contribution in [2.24, 2.45) is 0 Å². The Morgan fingerprint density at radius 3 is 1.04 bits per heavy atom. The maximum atomic E-state index is 10.7. The second-order valence-corrected chi connectivity index (χ2v) is 5.05. The number of hydrogen-bond donors (Lipinski definition) is 2. The Bertz CT molecular complexity index is 645. The van der Waals surface area contributed by atoms with Crippen molar-refractivity contribution in [1.29, 1.82) is 0 Å². The summed E-state index contributed by atoms with van der Waals surface area (Å²) in [4.78, 5) is 30.9. The number of phenolic OH excluding ortho intramolecular Hbond substituents is 2. The molecule has 5 nitrogen and oxygen atoms in total. The van der Waals surface area contributed by atoms with Crippen LogP contribution in [0.1, 0.15) is 48.4 Å². The number of phenols is 2. The van der Waals surface area contributed by atoms with Crippen LogP contribution in [-0.4, -0.2) is 27.6 Å². The molecule has 2 aromatic carbocycles. The van der Waals surface area contributed by atoms with Gasteiger partial charge in [-0.25, -0.2) is 0 Å². The van der Waals surface area contributed by atoms with E-state index >= 15 is 0 Å². The lowest BCUT2D eigenvalue weighted by molar-refractivity contribution is -0.115. The molecular formula is C19H22O5. The van der Waals surface area contributed by atoms with E-state index in [1.54, 1.807) is 36.4 Å². The van der Waals surface area contributed by atoms with Crippen molar-refractivity contribution < 1.29 is 24.6 Å². The summed E-state index contributed by atoms with van der Waals surface area (Å²) in [7, 11) is 0. The van der Waals surface area contributed by atoms with Gasteiger partial charge in [-0.2, -0.15) is 0 Å². The van der Waals surface area contributed by atoms with E-state index in [0.29, 0.717) is 11.1 Å². The molecule has 128 valence electrons. The van der Waals surface area contributed by atoms with Crippen LogP contribution in [0.4, 0.5) is 0 Å². The number of hydrogen-bond acceptors (Lipinski definition) is 5. The Morgan fingerprint density at radius 1 is 0.625 bits per heavy atom. The van der Waals surface area contributed by atoms with Gasteiger partial charge in [-0.3, -0.25) is 9.59 Å². The quantitative estimate of drug-likeness (QED) is 0.818. The third-order valence-electron chi connectivity index (χ3n) is 2.57. The molecule has 0 aliphatic heterocycles. The van der Waals surface area contributed by atoms with Crippen LogP contribution in [0.25, 0.3) is 0 Å². The van der Waals surface area contributed by atoms with Gasteiger partial charge in [0.1, 0.15) is 17.3 Å². The largest absolute Gasteiger partial charge is 0.507 e. The molecular weight excluding hydrogens is 308 g/mol. The summed E-state index contributed by atoms with van der Waals surface area (Å²) in [6, 6.07) is 13.0. The van der Waals surface area contributed by atoms with Gasteiger partial charge in [-0.1, -0.05) is 24.3 Å². The average molecular weight is 330 g/mol. The van der Waals surface area contributed by atoms with Gasteiger partial charge < -0.3 is 15.0 Å². The molecule has 0 atom stereocenters. The molecule has 0 fully saturated rings. The zero-order valence-electron chi connectivity index (χ0n) is 14.2. The molecule has 0 aliphatic rings. The summed E-state index contributed by atoms with van der Waals surface area (Å²) < 4.78 is 0. The molecule has 0 aliphatic carbocycles. The summed E-state index contributed by atoms with van der Waals surface area (Å²) in [6.45, 7) is 5.91. The van der Waals surface area contributed by atoms with E-state index in [4.69, 9.17) is 10.2 Å². The molecule has 0 bridgehead atoms. The van der Waals surface area contributed by atoms with Crippen molar-refractivity contribution in [2.75, 3.05) is 0 Å². The number of rotatable bonds is 2. The van der Waals surface area contributed by atoms with Gasteiger partial charge in [0, 0.05) is 0 Å². The fourth-order valence-corrected chi connectivity index (χ4v) is 1.54. The predicted molar refractivity (Wildman–Crippen MR) is 92.6 cm³/mol. The number of aromatic hydroxyl groups is 2. The van der Waals surface area contributed by atoms with Crippen LogP contribution in [0.2, 0.25) is 0 Å². The predicted octanol–water partition coefficient (Wildman–Crippen LogP) is 3.78. The van der Waals surface area contributed by atoms with Crippen molar-refractivity contribution in [3.8, 4) is 11.5 Å². The molecule has 0 amide bonds. The first-order chi connectivity index (χ1) is 11.2. The number of ketones is 3. The van der Waals surface area contributed by atoms with Crippen LogP contribution in [-0.2, 0) is 4.79 Å². The third-order valence-corrected chi connectivity index (χ3v) is 2.57. The second-order valence-electron chi connectivity index (χ2n) is 5.05. The molecule has 0 unspecified atom stereocenters. The molecule has 24 heavy (non-hydrogen) atoms. The highest BCUT2D eigenvalue weighted by atomic mass is 16.3. The molecule has 2 N–H and O–H groups in total. The molecule has 0 spiro atoms. The van der Waals surface area contributed by atoms with Crippen molar-refractivity contribution in [1.82, 2.24) is 0 Å². The monoisotopic (exact) mass is 330 g/mol. The number of carbonyl (C=O) groups is 3. The molecule has 0 heterocycles. The Balaban J connectivity index is 0.000000363. The van der Waals surface area contributed by atoms with E-state index < -0.39 is 0 Å². The summed E-state index contributed by atoms with van der Waals surface area (Å²) in [5, 5.41) is 18.1. The van der Waals surface area contributed by atoms with Crippen molar-refractivity contribution in [3.05, 3.63) is 59.7 Å². The lowest BCUT2D eigenvalue weighted by Gasteiger charge is -1.96. The number of carbonyl (C=O) groups excluding carboxylic acids is 3. The Morgan fingerprint density at radius 2 is 0.875 bits per heavy atom. The van der Waals surface area contributed by atoms with Gasteiger partial charge >= 0.3 is 0 Å². The Labute approximate surface area is 141 Å². The summed E-state index contributed by atoms with van der Waals surface area (Å²) >= 11 is 0. The molecule has 0 saturated heterocycles. The maximum Gasteiger partial charge on any atom is 0.163 e. The standard InChI is InChI=1S/2C8H8O2.C3H6O/c2*1-6(9)7-4-2-3-5-8(7)10;1-3(2)4/h2*2-5,10H,1H3;1-2H3. The van der Waals surface area contributed by atoms with Crippen LogP contribution in [0, 0.1) is 0 Å². The van der Waals surface area contributed by atoms with E-state index in [1.165, 1.54) is 39.8 Å². The van der Waals surface area contributed by atoms with Crippen LogP contribution in [0.3, 0.4) is 0 Å². The molecule has 0 aromatic heterocycles. The molecule has 0 radical (unpaired) electrons. The highest BCUT2D eigenvalue weighted by Crippen LogP contribution is 2.15. The van der Waals surface area contributed by atoms with Crippen molar-refractivity contribution in [3.63, 3.8) is 0 Å². The number of benzene rings is 2. The first kappa shape index (κ1) is 21.0. The maximum absolute atomic E-state index is 10.7. The minimum Gasteiger partial charge on any atom is -0.507 e. The summed E-state index contributed by atoms with van der Waals surface area (Å²) in [5.41, 5.74) is 0.755. The minimum absolute atomic E-state index is 0.0509. The van der Waals surface area contributed by atoms with Crippen LogP contribution >= 0.6 is 0 Å². The topological polar surface area (TPSA) is 91.7 Å². The van der Waals surface area contributed by atoms with Gasteiger partial charge in [0.2, 0.25) is 0 Å².